The van der Waals surface area contributed by atoms with Crippen LogP contribution in [0.25, 0.3) is 6.08 Å². The van der Waals surface area contributed by atoms with Crippen LogP contribution >= 0.6 is 0 Å². The van der Waals surface area contributed by atoms with Gasteiger partial charge in [0, 0.05) is 6.54 Å². The van der Waals surface area contributed by atoms with E-state index >= 15 is 0 Å². The van der Waals surface area contributed by atoms with E-state index in [-0.39, 0.29) is 26.4 Å². The van der Waals surface area contributed by atoms with E-state index in [2.05, 4.69) is 5.32 Å². The van der Waals surface area contributed by atoms with Crippen LogP contribution in [0.1, 0.15) is 17.2 Å². The zero-order chi connectivity index (χ0) is 25.8. The molecule has 0 aliphatic heterocycles. The van der Waals surface area contributed by atoms with Crippen LogP contribution in [0.5, 0.6) is 34.5 Å². The second-order valence-corrected chi connectivity index (χ2v) is 7.29. The minimum absolute atomic E-state index is 0.109. The number of hydrogen-bond donors (Lipinski definition) is 4. The van der Waals surface area contributed by atoms with Crippen LogP contribution in [-0.2, 0) is 0 Å². The summed E-state index contributed by atoms with van der Waals surface area (Å²) in [6.07, 6.45) is 2.48. The van der Waals surface area contributed by atoms with Gasteiger partial charge in [-0.25, -0.2) is 0 Å². The molecular weight excluding hydrogens is 458 g/mol. The highest BCUT2D eigenvalue weighted by atomic mass is 16.6. The summed E-state index contributed by atoms with van der Waals surface area (Å²) in [5, 5.41) is 32.1. The van der Waals surface area contributed by atoms with Crippen molar-refractivity contribution in [2.45, 2.75) is 12.1 Å². The van der Waals surface area contributed by atoms with E-state index in [0.29, 0.717) is 40.1 Å². The number of aliphatic hydroxyl groups is 3. The Bertz CT molecular complexity index is 914. The molecule has 0 saturated carbocycles. The van der Waals surface area contributed by atoms with Gasteiger partial charge in [-0.15, -0.1) is 0 Å². The van der Waals surface area contributed by atoms with Crippen LogP contribution in [0.3, 0.4) is 0 Å². The van der Waals surface area contributed by atoms with Crippen molar-refractivity contribution in [2.24, 2.45) is 0 Å². The molecule has 10 nitrogen and oxygen atoms in total. The van der Waals surface area contributed by atoms with Gasteiger partial charge in [0.05, 0.1) is 61.4 Å². The van der Waals surface area contributed by atoms with E-state index in [1.165, 1.54) is 35.5 Å². The summed E-state index contributed by atoms with van der Waals surface area (Å²) < 4.78 is 33.7. The van der Waals surface area contributed by atoms with Crippen molar-refractivity contribution in [3.63, 3.8) is 0 Å². The predicted octanol–water partition coefficient (Wildman–Crippen LogP) is 1.80. The zero-order valence-electron chi connectivity index (χ0n) is 20.7. The van der Waals surface area contributed by atoms with E-state index in [1.807, 2.05) is 0 Å². The summed E-state index contributed by atoms with van der Waals surface area (Å²) in [5.41, 5.74) is 1.41. The summed E-state index contributed by atoms with van der Waals surface area (Å²) in [5.74, 6) is 2.35. The monoisotopic (exact) mass is 493 g/mol. The molecule has 2 aromatic carbocycles. The summed E-state index contributed by atoms with van der Waals surface area (Å²) in [6.45, 7) is -0.376. The molecule has 0 radical (unpaired) electrons. The molecule has 2 atom stereocenters. The number of rotatable bonds is 15. The van der Waals surface area contributed by atoms with Gasteiger partial charge in [0.15, 0.2) is 23.0 Å². The number of benzene rings is 2. The van der Waals surface area contributed by atoms with Crippen molar-refractivity contribution < 1.29 is 43.7 Å². The summed E-state index contributed by atoms with van der Waals surface area (Å²) in [4.78, 5) is 0. The van der Waals surface area contributed by atoms with Crippen molar-refractivity contribution in [1.82, 2.24) is 5.32 Å². The minimum Gasteiger partial charge on any atom is -0.493 e. The first-order valence-electron chi connectivity index (χ1n) is 11.0. The molecule has 10 heteroatoms. The molecule has 0 amide bonds. The normalized spacial score (nSPS) is 12.8. The van der Waals surface area contributed by atoms with Crippen LogP contribution in [0.4, 0.5) is 0 Å². The molecule has 0 unspecified atom stereocenters. The van der Waals surface area contributed by atoms with Gasteiger partial charge in [0.25, 0.3) is 0 Å². The minimum atomic E-state index is -0.828. The maximum atomic E-state index is 10.3. The van der Waals surface area contributed by atoms with Gasteiger partial charge >= 0.3 is 0 Å². The fourth-order valence-corrected chi connectivity index (χ4v) is 3.63. The van der Waals surface area contributed by atoms with Crippen LogP contribution in [-0.4, -0.2) is 83.3 Å². The van der Waals surface area contributed by atoms with E-state index in [9.17, 15) is 10.2 Å². The van der Waals surface area contributed by atoms with Crippen LogP contribution in [0.15, 0.2) is 30.3 Å². The molecule has 194 valence electrons. The first-order chi connectivity index (χ1) is 17.0. The molecular formula is C25H35NO9. The van der Waals surface area contributed by atoms with Crippen LogP contribution < -0.4 is 33.7 Å². The highest BCUT2D eigenvalue weighted by Crippen LogP contribution is 2.43. The first-order valence-corrected chi connectivity index (χ1v) is 11.0. The molecule has 0 fully saturated rings. The van der Waals surface area contributed by atoms with Gasteiger partial charge in [-0.2, -0.15) is 0 Å². The van der Waals surface area contributed by atoms with E-state index in [0.717, 1.165) is 5.56 Å². The van der Waals surface area contributed by atoms with Crippen LogP contribution in [0, 0.1) is 0 Å². The van der Waals surface area contributed by atoms with E-state index < -0.39 is 12.1 Å². The lowest BCUT2D eigenvalue weighted by Gasteiger charge is -2.30. The van der Waals surface area contributed by atoms with Gasteiger partial charge < -0.3 is 49.1 Å². The Labute approximate surface area is 205 Å². The van der Waals surface area contributed by atoms with Gasteiger partial charge in [-0.3, -0.25) is 0 Å². The predicted molar refractivity (Wildman–Crippen MR) is 131 cm³/mol. The average Bonchev–Trinajstić information content (AvgIpc) is 2.90. The first kappa shape index (κ1) is 28.1. The maximum absolute atomic E-state index is 10.3. The third-order valence-corrected chi connectivity index (χ3v) is 5.24. The van der Waals surface area contributed by atoms with E-state index in [4.69, 9.17) is 33.5 Å². The maximum Gasteiger partial charge on any atom is 0.204 e. The topological polar surface area (TPSA) is 128 Å². The fourth-order valence-electron chi connectivity index (χ4n) is 3.63. The lowest BCUT2D eigenvalue weighted by atomic mass is 10.00. The SMILES string of the molecule is COc1cc([C@H](NCCO)[C@@H](CO)Oc2c(OC)cc(/C=C/CO)cc2OC)cc(OC)c1OC. The highest BCUT2D eigenvalue weighted by Gasteiger charge is 2.29. The second-order valence-electron chi connectivity index (χ2n) is 7.29. The summed E-state index contributed by atoms with van der Waals surface area (Å²) >= 11 is 0. The Balaban J connectivity index is 2.56. The van der Waals surface area contributed by atoms with Crippen molar-refractivity contribution in [1.29, 1.82) is 0 Å². The summed E-state index contributed by atoms with van der Waals surface area (Å²) in [7, 11) is 7.53. The smallest absolute Gasteiger partial charge is 0.204 e. The number of ether oxygens (including phenoxy) is 6. The van der Waals surface area contributed by atoms with Crippen molar-refractivity contribution in [3.8, 4) is 34.5 Å². The third kappa shape index (κ3) is 6.92. The molecule has 0 aliphatic rings. The van der Waals surface area contributed by atoms with Crippen molar-refractivity contribution in [2.75, 3.05) is 61.9 Å². The molecule has 0 aromatic heterocycles. The van der Waals surface area contributed by atoms with Crippen molar-refractivity contribution in [3.05, 3.63) is 41.5 Å². The third-order valence-electron chi connectivity index (χ3n) is 5.24. The molecule has 0 heterocycles. The Morgan fingerprint density at radius 1 is 0.771 bits per heavy atom. The lowest BCUT2D eigenvalue weighted by Crippen LogP contribution is -2.39. The quantitative estimate of drug-likeness (QED) is 0.292. The lowest BCUT2D eigenvalue weighted by molar-refractivity contribution is 0.0753. The molecule has 0 spiro atoms. The van der Waals surface area contributed by atoms with Gasteiger partial charge in [0.1, 0.15) is 6.10 Å². The van der Waals surface area contributed by atoms with Crippen molar-refractivity contribution >= 4 is 6.08 Å². The Morgan fingerprint density at radius 3 is 1.74 bits per heavy atom. The Morgan fingerprint density at radius 2 is 1.31 bits per heavy atom. The second kappa shape index (κ2) is 14.3. The molecule has 4 N–H and O–H groups in total. The Kier molecular flexibility index (Phi) is 11.4. The molecule has 0 saturated heterocycles. The van der Waals surface area contributed by atoms with E-state index in [1.54, 1.807) is 36.4 Å². The Hall–Kier alpha value is -3.18. The number of nitrogens with one attached hydrogen (secondary N) is 1. The number of aliphatic hydroxyl groups excluding tert-OH is 3. The van der Waals surface area contributed by atoms with Crippen LogP contribution in [0.2, 0.25) is 0 Å². The number of methoxy groups -OCH3 is 5. The van der Waals surface area contributed by atoms with Gasteiger partial charge in [-0.05, 0) is 35.4 Å². The highest BCUT2D eigenvalue weighted by molar-refractivity contribution is 5.62. The van der Waals surface area contributed by atoms with Gasteiger partial charge in [-0.1, -0.05) is 12.2 Å². The molecule has 0 bridgehead atoms. The standard InChI is InChI=1S/C25H35NO9/c1-30-18-11-16(7-6-9-27)12-19(31-2)25(18)35-22(15-29)23(26-8-10-28)17-13-20(32-3)24(34-5)21(14-17)33-4/h6-7,11-14,22-23,26-29H,8-10,15H2,1-5H3/b7-6+/t22-,23+/m1/s1. The molecule has 2 rings (SSSR count). The number of hydrogen-bond acceptors (Lipinski definition) is 10. The largest absolute Gasteiger partial charge is 0.493 e. The average molecular weight is 494 g/mol. The van der Waals surface area contributed by atoms with Gasteiger partial charge in [0.2, 0.25) is 11.5 Å². The zero-order valence-corrected chi connectivity index (χ0v) is 20.7. The molecule has 0 aliphatic carbocycles. The fraction of sp³-hybridized carbons (Fsp3) is 0.440. The summed E-state index contributed by atoms with van der Waals surface area (Å²) in [6, 6.07) is 6.37. The molecule has 2 aromatic rings. The molecule has 35 heavy (non-hydrogen) atoms.